The average molecular weight is 269 g/mol. The molecule has 4 nitrogen and oxygen atoms in total. The van der Waals surface area contributed by atoms with Gasteiger partial charge in [-0.2, -0.15) is 0 Å². The highest BCUT2D eigenvalue weighted by Crippen LogP contribution is 2.23. The smallest absolute Gasteiger partial charge is 0.0468 e. The molecule has 2 fully saturated rings. The molecular weight excluding hydrogens is 238 g/mol. The standard InChI is InChI=1S/C15H31N3O/c1-16-14(11-13-5-9-19-10-6-13)15-12-17(2)7-4-8-18(15)3/h13-16H,4-12H2,1-3H3. The van der Waals surface area contributed by atoms with E-state index >= 15 is 0 Å². The van der Waals surface area contributed by atoms with E-state index in [1.54, 1.807) is 0 Å². The van der Waals surface area contributed by atoms with Crippen molar-refractivity contribution in [1.29, 1.82) is 0 Å². The molecule has 2 heterocycles. The van der Waals surface area contributed by atoms with E-state index < -0.39 is 0 Å². The van der Waals surface area contributed by atoms with Gasteiger partial charge in [-0.05, 0) is 65.8 Å². The Morgan fingerprint density at radius 3 is 2.63 bits per heavy atom. The number of likely N-dealkylation sites (N-methyl/N-ethyl adjacent to an activating group) is 3. The van der Waals surface area contributed by atoms with Crippen LogP contribution in [0.3, 0.4) is 0 Å². The highest BCUT2D eigenvalue weighted by Gasteiger charge is 2.29. The van der Waals surface area contributed by atoms with Gasteiger partial charge < -0.3 is 19.9 Å². The quantitative estimate of drug-likeness (QED) is 0.825. The van der Waals surface area contributed by atoms with Gasteiger partial charge in [-0.1, -0.05) is 0 Å². The average Bonchev–Trinajstić information content (AvgIpc) is 2.59. The Balaban J connectivity index is 1.93. The minimum atomic E-state index is 0.605. The zero-order chi connectivity index (χ0) is 13.7. The summed E-state index contributed by atoms with van der Waals surface area (Å²) in [6.07, 6.45) is 5.06. The van der Waals surface area contributed by atoms with Crippen LogP contribution in [0.15, 0.2) is 0 Å². The van der Waals surface area contributed by atoms with Gasteiger partial charge in [0, 0.05) is 31.8 Å². The number of nitrogens with zero attached hydrogens (tertiary/aromatic N) is 2. The molecule has 0 aromatic rings. The Kier molecular flexibility index (Phi) is 6.07. The lowest BCUT2D eigenvalue weighted by Crippen LogP contribution is -2.52. The summed E-state index contributed by atoms with van der Waals surface area (Å²) in [5.41, 5.74) is 0. The zero-order valence-electron chi connectivity index (χ0n) is 12.9. The number of rotatable bonds is 4. The normalized spacial score (nSPS) is 30.2. The second-order valence-electron chi connectivity index (χ2n) is 6.35. The molecule has 0 spiro atoms. The maximum absolute atomic E-state index is 5.48. The van der Waals surface area contributed by atoms with Crippen molar-refractivity contribution in [2.24, 2.45) is 5.92 Å². The molecule has 0 bridgehead atoms. The molecule has 1 N–H and O–H groups in total. The number of hydrogen-bond acceptors (Lipinski definition) is 4. The zero-order valence-corrected chi connectivity index (χ0v) is 12.9. The van der Waals surface area contributed by atoms with Crippen molar-refractivity contribution < 1.29 is 4.74 Å². The minimum absolute atomic E-state index is 0.605. The Labute approximate surface area is 118 Å². The van der Waals surface area contributed by atoms with Crippen LogP contribution in [0.25, 0.3) is 0 Å². The van der Waals surface area contributed by atoms with Gasteiger partial charge in [0.1, 0.15) is 0 Å². The Hall–Kier alpha value is -0.160. The van der Waals surface area contributed by atoms with E-state index in [0.29, 0.717) is 12.1 Å². The van der Waals surface area contributed by atoms with Crippen LogP contribution in [0.4, 0.5) is 0 Å². The SMILES string of the molecule is CNC(CC1CCOCC1)C1CN(C)CCCN1C. The van der Waals surface area contributed by atoms with Crippen LogP contribution in [0, 0.1) is 5.92 Å². The lowest BCUT2D eigenvalue weighted by molar-refractivity contribution is 0.0548. The van der Waals surface area contributed by atoms with E-state index in [2.05, 4.69) is 36.3 Å². The molecule has 0 saturated carbocycles. The molecule has 0 aromatic heterocycles. The summed E-state index contributed by atoms with van der Waals surface area (Å²) in [6, 6.07) is 1.24. The van der Waals surface area contributed by atoms with Gasteiger partial charge in [-0.25, -0.2) is 0 Å². The Bertz CT molecular complexity index is 256. The van der Waals surface area contributed by atoms with E-state index in [4.69, 9.17) is 4.74 Å². The molecule has 4 heteroatoms. The van der Waals surface area contributed by atoms with Crippen molar-refractivity contribution >= 4 is 0 Å². The van der Waals surface area contributed by atoms with Crippen molar-refractivity contribution in [1.82, 2.24) is 15.1 Å². The van der Waals surface area contributed by atoms with Gasteiger partial charge in [0.2, 0.25) is 0 Å². The fourth-order valence-corrected chi connectivity index (χ4v) is 3.55. The van der Waals surface area contributed by atoms with Gasteiger partial charge in [-0.3, -0.25) is 0 Å². The van der Waals surface area contributed by atoms with Crippen LogP contribution in [0.2, 0.25) is 0 Å². The van der Waals surface area contributed by atoms with Crippen molar-refractivity contribution in [3.63, 3.8) is 0 Å². The van der Waals surface area contributed by atoms with Gasteiger partial charge >= 0.3 is 0 Å². The molecule has 2 aliphatic heterocycles. The highest BCUT2D eigenvalue weighted by molar-refractivity contribution is 4.88. The maximum Gasteiger partial charge on any atom is 0.0468 e. The van der Waals surface area contributed by atoms with Crippen LogP contribution >= 0.6 is 0 Å². The first kappa shape index (κ1) is 15.2. The van der Waals surface area contributed by atoms with E-state index in [-0.39, 0.29) is 0 Å². The molecule has 2 rings (SSSR count). The fourth-order valence-electron chi connectivity index (χ4n) is 3.55. The lowest BCUT2D eigenvalue weighted by atomic mass is 9.89. The summed E-state index contributed by atoms with van der Waals surface area (Å²) in [4.78, 5) is 5.05. The molecule has 0 aromatic carbocycles. The third-order valence-corrected chi connectivity index (χ3v) is 4.88. The second kappa shape index (κ2) is 7.58. The van der Waals surface area contributed by atoms with Crippen molar-refractivity contribution in [2.75, 3.05) is 54.0 Å². The fraction of sp³-hybridized carbons (Fsp3) is 1.00. The van der Waals surface area contributed by atoms with Crippen LogP contribution in [0.5, 0.6) is 0 Å². The first-order chi connectivity index (χ1) is 9.20. The molecule has 19 heavy (non-hydrogen) atoms. The first-order valence-electron chi connectivity index (χ1n) is 7.84. The molecule has 112 valence electrons. The van der Waals surface area contributed by atoms with Gasteiger partial charge in [0.25, 0.3) is 0 Å². The largest absolute Gasteiger partial charge is 0.381 e. The van der Waals surface area contributed by atoms with Gasteiger partial charge in [0.05, 0.1) is 0 Å². The van der Waals surface area contributed by atoms with Crippen LogP contribution in [-0.2, 0) is 4.74 Å². The summed E-state index contributed by atoms with van der Waals surface area (Å²) in [5, 5.41) is 3.59. The van der Waals surface area contributed by atoms with Crippen LogP contribution in [0.1, 0.15) is 25.7 Å². The molecule has 2 atom stereocenters. The molecule has 0 radical (unpaired) electrons. The number of ether oxygens (including phenoxy) is 1. The lowest BCUT2D eigenvalue weighted by Gasteiger charge is -2.37. The Morgan fingerprint density at radius 2 is 1.95 bits per heavy atom. The highest BCUT2D eigenvalue weighted by atomic mass is 16.5. The van der Waals surface area contributed by atoms with Crippen molar-refractivity contribution in [2.45, 2.75) is 37.8 Å². The van der Waals surface area contributed by atoms with E-state index in [0.717, 1.165) is 19.1 Å². The van der Waals surface area contributed by atoms with Gasteiger partial charge in [0.15, 0.2) is 0 Å². The van der Waals surface area contributed by atoms with Gasteiger partial charge in [-0.15, -0.1) is 0 Å². The summed E-state index contributed by atoms with van der Waals surface area (Å²) >= 11 is 0. The van der Waals surface area contributed by atoms with E-state index in [1.165, 1.54) is 45.3 Å². The van der Waals surface area contributed by atoms with Crippen LogP contribution in [-0.4, -0.2) is 75.9 Å². The predicted octanol–water partition coefficient (Wildman–Crippen LogP) is 1.03. The van der Waals surface area contributed by atoms with E-state index in [1.807, 2.05) is 0 Å². The third-order valence-electron chi connectivity index (χ3n) is 4.88. The van der Waals surface area contributed by atoms with E-state index in [9.17, 15) is 0 Å². The summed E-state index contributed by atoms with van der Waals surface area (Å²) < 4.78 is 5.48. The summed E-state index contributed by atoms with van der Waals surface area (Å²) in [5.74, 6) is 0.841. The summed E-state index contributed by atoms with van der Waals surface area (Å²) in [6.45, 7) is 5.56. The first-order valence-corrected chi connectivity index (χ1v) is 7.84. The predicted molar refractivity (Wildman–Crippen MR) is 79.5 cm³/mol. The maximum atomic E-state index is 5.48. The second-order valence-corrected chi connectivity index (χ2v) is 6.35. The minimum Gasteiger partial charge on any atom is -0.381 e. The summed E-state index contributed by atoms with van der Waals surface area (Å²) in [7, 11) is 6.67. The molecule has 2 aliphatic rings. The third kappa shape index (κ3) is 4.42. The molecule has 2 unspecified atom stereocenters. The van der Waals surface area contributed by atoms with Crippen LogP contribution < -0.4 is 5.32 Å². The number of hydrogen-bond donors (Lipinski definition) is 1. The molecule has 0 aliphatic carbocycles. The Morgan fingerprint density at radius 1 is 1.21 bits per heavy atom. The monoisotopic (exact) mass is 269 g/mol. The van der Waals surface area contributed by atoms with Crippen molar-refractivity contribution in [3.8, 4) is 0 Å². The molecule has 2 saturated heterocycles. The number of nitrogens with one attached hydrogen (secondary N) is 1. The van der Waals surface area contributed by atoms with Crippen molar-refractivity contribution in [3.05, 3.63) is 0 Å². The molecular formula is C15H31N3O. The topological polar surface area (TPSA) is 27.7 Å². The molecule has 0 amide bonds.